The summed E-state index contributed by atoms with van der Waals surface area (Å²) in [7, 11) is 0. The number of pyridine rings is 1. The van der Waals surface area contributed by atoms with Crippen LogP contribution in [0.4, 0.5) is 4.39 Å². The zero-order valence-electron chi connectivity index (χ0n) is 19.9. The van der Waals surface area contributed by atoms with Gasteiger partial charge in [-0.3, -0.25) is 9.78 Å². The highest BCUT2D eigenvalue weighted by atomic mass is 19.1. The molecule has 35 heavy (non-hydrogen) atoms. The van der Waals surface area contributed by atoms with Crippen LogP contribution in [0, 0.1) is 5.82 Å². The Bertz CT molecular complexity index is 1260. The van der Waals surface area contributed by atoms with E-state index in [4.69, 9.17) is 0 Å². The first kappa shape index (κ1) is 23.2. The zero-order chi connectivity index (χ0) is 24.0. The number of rotatable bonds is 8. The van der Waals surface area contributed by atoms with Crippen molar-refractivity contribution < 1.29 is 9.18 Å². The summed E-state index contributed by atoms with van der Waals surface area (Å²) in [5, 5.41) is 4.21. The maximum absolute atomic E-state index is 13.1. The number of fused-ring (bicyclic) bond motifs is 1. The summed E-state index contributed by atoms with van der Waals surface area (Å²) in [4.78, 5) is 19.0. The van der Waals surface area contributed by atoms with Crippen LogP contribution in [0.15, 0.2) is 79.3 Å². The van der Waals surface area contributed by atoms with E-state index < -0.39 is 0 Å². The fourth-order valence-corrected chi connectivity index (χ4v) is 4.93. The molecule has 0 saturated carbocycles. The molecular formula is C29H31FN4O. The van der Waals surface area contributed by atoms with Gasteiger partial charge in [-0.25, -0.2) is 4.39 Å². The van der Waals surface area contributed by atoms with Crippen LogP contribution in [-0.2, 0) is 24.2 Å². The summed E-state index contributed by atoms with van der Waals surface area (Å²) < 4.78 is 15.5. The Morgan fingerprint density at radius 3 is 2.46 bits per heavy atom. The van der Waals surface area contributed by atoms with Crippen molar-refractivity contribution in [3.8, 4) is 0 Å². The number of piperidine rings is 1. The molecule has 0 radical (unpaired) electrons. The second-order valence-corrected chi connectivity index (χ2v) is 9.37. The quantitative estimate of drug-likeness (QED) is 0.398. The van der Waals surface area contributed by atoms with Crippen molar-refractivity contribution in [1.82, 2.24) is 19.8 Å². The molecule has 180 valence electrons. The monoisotopic (exact) mass is 470 g/mol. The second-order valence-electron chi connectivity index (χ2n) is 9.37. The van der Waals surface area contributed by atoms with Crippen LogP contribution in [0.1, 0.15) is 35.6 Å². The molecule has 1 N–H and O–H groups in total. The van der Waals surface area contributed by atoms with Crippen molar-refractivity contribution in [1.29, 1.82) is 0 Å². The second kappa shape index (κ2) is 10.8. The Morgan fingerprint density at radius 1 is 0.943 bits per heavy atom. The Hall–Kier alpha value is -3.51. The smallest absolute Gasteiger partial charge is 0.224 e. The van der Waals surface area contributed by atoms with Gasteiger partial charge in [-0.15, -0.1) is 0 Å². The highest BCUT2D eigenvalue weighted by molar-refractivity contribution is 5.84. The molecule has 0 unspecified atom stereocenters. The Morgan fingerprint density at radius 2 is 1.69 bits per heavy atom. The largest absolute Gasteiger partial charge is 0.352 e. The third-order valence-corrected chi connectivity index (χ3v) is 6.97. The number of aromatic nitrogens is 2. The number of hydrogen-bond acceptors (Lipinski definition) is 3. The van der Waals surface area contributed by atoms with E-state index in [1.54, 1.807) is 12.4 Å². The summed E-state index contributed by atoms with van der Waals surface area (Å²) in [6, 6.07) is 19.6. The summed E-state index contributed by atoms with van der Waals surface area (Å²) in [6.45, 7) is 3.63. The van der Waals surface area contributed by atoms with E-state index in [1.165, 1.54) is 28.6 Å². The van der Waals surface area contributed by atoms with Gasteiger partial charge < -0.3 is 14.8 Å². The number of nitrogens with zero attached hydrogens (tertiary/aromatic N) is 3. The summed E-state index contributed by atoms with van der Waals surface area (Å²) in [5.74, 6) is -0.156. The van der Waals surface area contributed by atoms with Crippen molar-refractivity contribution in [2.45, 2.75) is 38.3 Å². The van der Waals surface area contributed by atoms with Crippen molar-refractivity contribution in [3.63, 3.8) is 0 Å². The van der Waals surface area contributed by atoms with Gasteiger partial charge in [-0.1, -0.05) is 24.3 Å². The molecule has 1 fully saturated rings. The van der Waals surface area contributed by atoms with Crippen molar-refractivity contribution in [2.75, 3.05) is 19.6 Å². The van der Waals surface area contributed by atoms with Gasteiger partial charge in [0, 0.05) is 56.3 Å². The van der Waals surface area contributed by atoms with Crippen LogP contribution in [0.25, 0.3) is 10.9 Å². The summed E-state index contributed by atoms with van der Waals surface area (Å²) in [6.07, 6.45) is 9.18. The number of carbonyl (C=O) groups excluding carboxylic acids is 1. The Balaban J connectivity index is 1.16. The van der Waals surface area contributed by atoms with Crippen molar-refractivity contribution >= 4 is 16.8 Å². The van der Waals surface area contributed by atoms with Gasteiger partial charge in [0.15, 0.2) is 0 Å². The third-order valence-electron chi connectivity index (χ3n) is 6.97. The zero-order valence-corrected chi connectivity index (χ0v) is 19.9. The summed E-state index contributed by atoms with van der Waals surface area (Å²) >= 11 is 0. The topological polar surface area (TPSA) is 50.2 Å². The highest BCUT2D eigenvalue weighted by Gasteiger charge is 2.21. The number of carbonyl (C=O) groups is 1. The van der Waals surface area contributed by atoms with Gasteiger partial charge in [0.2, 0.25) is 5.91 Å². The maximum atomic E-state index is 13.1. The van der Waals surface area contributed by atoms with Gasteiger partial charge in [-0.2, -0.15) is 0 Å². The number of halogens is 1. The van der Waals surface area contributed by atoms with Crippen LogP contribution in [0.2, 0.25) is 0 Å². The minimum atomic E-state index is -0.178. The van der Waals surface area contributed by atoms with Gasteiger partial charge in [0.05, 0.1) is 6.42 Å². The van der Waals surface area contributed by atoms with Crippen molar-refractivity contribution in [2.24, 2.45) is 0 Å². The SMILES string of the molecule is O=C(Cc1ccc2ccn(C3CCN(CCc4ccc(F)cc4)CC3)c2c1)NCc1ccncc1. The van der Waals surface area contributed by atoms with E-state index in [2.05, 4.69) is 50.2 Å². The highest BCUT2D eigenvalue weighted by Crippen LogP contribution is 2.28. The number of hydrogen-bond donors (Lipinski definition) is 1. The fourth-order valence-electron chi connectivity index (χ4n) is 4.93. The van der Waals surface area contributed by atoms with Crippen LogP contribution >= 0.6 is 0 Å². The van der Waals surface area contributed by atoms with Gasteiger partial charge in [0.1, 0.15) is 5.82 Å². The maximum Gasteiger partial charge on any atom is 0.224 e. The summed E-state index contributed by atoms with van der Waals surface area (Å²) in [5.41, 5.74) is 4.46. The first-order valence-electron chi connectivity index (χ1n) is 12.4. The van der Waals surface area contributed by atoms with Crippen LogP contribution in [0.3, 0.4) is 0 Å². The molecule has 1 aliphatic heterocycles. The van der Waals surface area contributed by atoms with Gasteiger partial charge >= 0.3 is 0 Å². The lowest BCUT2D eigenvalue weighted by atomic mass is 10.0. The minimum Gasteiger partial charge on any atom is -0.352 e. The minimum absolute atomic E-state index is 0.0220. The molecule has 4 aromatic rings. The van der Waals surface area contributed by atoms with Gasteiger partial charge in [-0.05, 0) is 77.7 Å². The van der Waals surface area contributed by atoms with E-state index in [-0.39, 0.29) is 11.7 Å². The predicted molar refractivity (Wildman–Crippen MR) is 137 cm³/mol. The average Bonchev–Trinajstić information content (AvgIpc) is 3.31. The molecule has 0 spiro atoms. The number of nitrogens with one attached hydrogen (secondary N) is 1. The van der Waals surface area contributed by atoms with Crippen LogP contribution in [0.5, 0.6) is 0 Å². The molecule has 1 aliphatic rings. The van der Waals surface area contributed by atoms with Crippen LogP contribution < -0.4 is 5.32 Å². The molecule has 0 aliphatic carbocycles. The van der Waals surface area contributed by atoms with Crippen molar-refractivity contribution in [3.05, 3.63) is 102 Å². The normalized spacial score (nSPS) is 14.9. The number of likely N-dealkylation sites (tertiary alicyclic amines) is 1. The molecule has 2 aromatic carbocycles. The van der Waals surface area contributed by atoms with Gasteiger partial charge in [0.25, 0.3) is 0 Å². The third kappa shape index (κ3) is 5.95. The van der Waals surface area contributed by atoms with E-state index in [9.17, 15) is 9.18 Å². The molecule has 5 rings (SSSR count). The Labute approximate surface area is 205 Å². The standard InChI is InChI=1S/C29H31FN4O/c30-26-5-2-22(3-6-26)9-15-33-16-11-27(12-17-33)34-18-10-25-4-1-24(19-28(25)34)20-29(35)32-21-23-7-13-31-14-8-23/h1-8,10,13-14,18-19,27H,9,11-12,15-17,20-21H2,(H,32,35). The molecular weight excluding hydrogens is 439 g/mol. The molecule has 6 heteroatoms. The molecule has 5 nitrogen and oxygen atoms in total. The first-order valence-corrected chi connectivity index (χ1v) is 12.4. The van der Waals surface area contributed by atoms with E-state index >= 15 is 0 Å². The van der Waals surface area contributed by atoms with Crippen LogP contribution in [-0.4, -0.2) is 40.0 Å². The lowest BCUT2D eigenvalue weighted by molar-refractivity contribution is -0.120. The Kier molecular flexibility index (Phi) is 7.19. The molecule has 0 atom stereocenters. The molecule has 1 amide bonds. The van der Waals surface area contributed by atoms with E-state index in [0.717, 1.165) is 50.0 Å². The fraction of sp³-hybridized carbons (Fsp3) is 0.310. The first-order chi connectivity index (χ1) is 17.1. The van der Waals surface area contributed by atoms with E-state index in [0.29, 0.717) is 19.0 Å². The molecule has 0 bridgehead atoms. The molecule has 1 saturated heterocycles. The lowest BCUT2D eigenvalue weighted by Gasteiger charge is -2.33. The lowest BCUT2D eigenvalue weighted by Crippen LogP contribution is -2.35. The van der Waals surface area contributed by atoms with E-state index in [1.807, 2.05) is 24.3 Å². The molecule has 2 aromatic heterocycles. The number of benzene rings is 2. The number of amides is 1. The predicted octanol–water partition coefficient (Wildman–Crippen LogP) is 4.91. The molecule has 3 heterocycles. The average molecular weight is 471 g/mol.